The molecule has 1 fully saturated rings. The van der Waals surface area contributed by atoms with Gasteiger partial charge in [-0.05, 0) is 67.2 Å². The van der Waals surface area contributed by atoms with Gasteiger partial charge in [-0.15, -0.1) is 0 Å². The van der Waals surface area contributed by atoms with Crippen LogP contribution in [0, 0.1) is 11.7 Å². The number of hydrogen-bond acceptors (Lipinski definition) is 6. The van der Waals surface area contributed by atoms with Crippen molar-refractivity contribution in [2.24, 2.45) is 5.92 Å². The first-order valence-electron chi connectivity index (χ1n) is 10.5. The fraction of sp³-hybridized carbons (Fsp3) is 0.375. The van der Waals surface area contributed by atoms with Gasteiger partial charge in [0.05, 0.1) is 19.3 Å². The maximum absolute atomic E-state index is 12.9. The maximum atomic E-state index is 12.9. The normalized spacial score (nSPS) is 14.1. The Labute approximate surface area is 191 Å². The van der Waals surface area contributed by atoms with Crippen LogP contribution in [-0.4, -0.2) is 59.8 Å². The summed E-state index contributed by atoms with van der Waals surface area (Å²) in [5.41, 5.74) is 2.79. The first-order valence-corrected chi connectivity index (χ1v) is 10.5. The van der Waals surface area contributed by atoms with Crippen LogP contribution in [0.5, 0.6) is 0 Å². The van der Waals surface area contributed by atoms with Gasteiger partial charge in [0.1, 0.15) is 5.82 Å². The largest absolute Gasteiger partial charge is 0.473 e. The maximum Gasteiger partial charge on any atom is 0.414 e. The summed E-state index contributed by atoms with van der Waals surface area (Å²) >= 11 is 0. The van der Waals surface area contributed by atoms with Gasteiger partial charge in [-0.1, -0.05) is 24.3 Å². The van der Waals surface area contributed by atoms with E-state index in [4.69, 9.17) is 29.3 Å². The lowest BCUT2D eigenvalue weighted by Crippen LogP contribution is -2.34. The first-order chi connectivity index (χ1) is 15.8. The summed E-state index contributed by atoms with van der Waals surface area (Å²) in [7, 11) is 1.39. The molecule has 0 atom stereocenters. The number of piperidine rings is 1. The minimum atomic E-state index is -1.82. The molecule has 0 aliphatic carbocycles. The van der Waals surface area contributed by atoms with Crippen LogP contribution >= 0.6 is 0 Å². The molecule has 1 aliphatic rings. The molecular weight excluding hydrogens is 433 g/mol. The second kappa shape index (κ2) is 13.3. The minimum absolute atomic E-state index is 0.217. The van der Waals surface area contributed by atoms with Crippen LogP contribution < -0.4 is 0 Å². The first kappa shape index (κ1) is 26.0. The van der Waals surface area contributed by atoms with Gasteiger partial charge in [-0.3, -0.25) is 4.90 Å². The highest BCUT2D eigenvalue weighted by atomic mass is 19.1. The number of esters is 1. The molecule has 2 aromatic carbocycles. The van der Waals surface area contributed by atoms with Crippen molar-refractivity contribution < 1.29 is 38.5 Å². The Morgan fingerprint density at radius 1 is 0.939 bits per heavy atom. The smallest absolute Gasteiger partial charge is 0.414 e. The van der Waals surface area contributed by atoms with E-state index in [0.717, 1.165) is 44.6 Å². The van der Waals surface area contributed by atoms with Crippen LogP contribution in [0.15, 0.2) is 48.5 Å². The van der Waals surface area contributed by atoms with Crippen molar-refractivity contribution >= 4 is 17.9 Å². The quantitative estimate of drug-likeness (QED) is 0.477. The van der Waals surface area contributed by atoms with E-state index in [1.165, 1.54) is 24.8 Å². The van der Waals surface area contributed by atoms with Crippen molar-refractivity contribution in [3.05, 3.63) is 71.0 Å². The van der Waals surface area contributed by atoms with E-state index in [2.05, 4.69) is 4.90 Å². The summed E-state index contributed by atoms with van der Waals surface area (Å²) < 4.78 is 23.4. The highest BCUT2D eigenvalue weighted by Gasteiger charge is 2.19. The van der Waals surface area contributed by atoms with Gasteiger partial charge in [0.25, 0.3) is 0 Å². The van der Waals surface area contributed by atoms with Crippen LogP contribution in [0.2, 0.25) is 0 Å². The third-order valence-electron chi connectivity index (χ3n) is 5.21. The fourth-order valence-electron chi connectivity index (χ4n) is 3.36. The van der Waals surface area contributed by atoms with Crippen molar-refractivity contribution in [2.75, 3.05) is 26.8 Å². The molecule has 0 bridgehead atoms. The molecule has 0 radical (unpaired) electrons. The number of aliphatic carboxylic acids is 2. The van der Waals surface area contributed by atoms with E-state index in [1.54, 1.807) is 12.1 Å². The molecule has 33 heavy (non-hydrogen) atoms. The number of hydrogen-bond donors (Lipinski definition) is 2. The van der Waals surface area contributed by atoms with Gasteiger partial charge in [0.15, 0.2) is 0 Å². The highest BCUT2D eigenvalue weighted by molar-refractivity contribution is 6.27. The number of likely N-dealkylation sites (tertiary alicyclic amines) is 1. The van der Waals surface area contributed by atoms with Crippen LogP contribution in [-0.2, 0) is 32.2 Å². The number of benzene rings is 2. The molecule has 2 N–H and O–H groups in total. The zero-order valence-electron chi connectivity index (χ0n) is 18.4. The zero-order chi connectivity index (χ0) is 24.2. The van der Waals surface area contributed by atoms with E-state index < -0.39 is 11.9 Å². The Morgan fingerprint density at radius 3 is 2.00 bits per heavy atom. The van der Waals surface area contributed by atoms with Crippen molar-refractivity contribution in [3.8, 4) is 0 Å². The number of ether oxygens (including phenoxy) is 2. The number of carboxylic acid groups (broad SMARTS) is 2. The van der Waals surface area contributed by atoms with Gasteiger partial charge in [-0.2, -0.15) is 0 Å². The molecule has 1 aliphatic heterocycles. The average molecular weight is 461 g/mol. The zero-order valence-corrected chi connectivity index (χ0v) is 18.4. The Balaban J connectivity index is 0.000000569. The summed E-state index contributed by atoms with van der Waals surface area (Å²) in [5.74, 6) is -3.59. The highest BCUT2D eigenvalue weighted by Crippen LogP contribution is 2.20. The lowest BCUT2D eigenvalue weighted by Gasteiger charge is -2.31. The molecule has 8 nitrogen and oxygen atoms in total. The van der Waals surface area contributed by atoms with Crippen LogP contribution in [0.1, 0.15) is 34.3 Å². The standard InChI is InChI=1S/C22H26FNO3.C2H2O4/c1-26-22(25)20-6-2-17(3-7-20)14-24-12-10-19(11-13-24)16-27-15-18-4-8-21(23)9-5-18;3-1(4)2(5)6/h2-9,19H,10-16H2,1H3;(H,3,4)(H,5,6). The van der Waals surface area contributed by atoms with Gasteiger partial charge in [-0.25, -0.2) is 18.8 Å². The molecule has 0 spiro atoms. The molecule has 178 valence electrons. The van der Waals surface area contributed by atoms with Crippen molar-refractivity contribution in [2.45, 2.75) is 26.0 Å². The van der Waals surface area contributed by atoms with E-state index in [1.807, 2.05) is 24.3 Å². The number of methoxy groups -OCH3 is 1. The number of rotatable bonds is 7. The summed E-state index contributed by atoms with van der Waals surface area (Å²) in [4.78, 5) is 32.1. The predicted molar refractivity (Wildman–Crippen MR) is 117 cm³/mol. The van der Waals surface area contributed by atoms with Crippen LogP contribution in [0.3, 0.4) is 0 Å². The van der Waals surface area contributed by atoms with Gasteiger partial charge < -0.3 is 19.7 Å². The molecule has 3 rings (SSSR count). The van der Waals surface area contributed by atoms with Crippen molar-refractivity contribution in [1.29, 1.82) is 0 Å². The number of carboxylic acids is 2. The second-order valence-corrected chi connectivity index (χ2v) is 7.66. The number of carbonyl (C=O) groups is 3. The molecule has 0 unspecified atom stereocenters. The Morgan fingerprint density at radius 2 is 1.48 bits per heavy atom. The second-order valence-electron chi connectivity index (χ2n) is 7.66. The Hall–Kier alpha value is -3.30. The summed E-state index contributed by atoms with van der Waals surface area (Å²) in [6.45, 7) is 4.27. The summed E-state index contributed by atoms with van der Waals surface area (Å²) in [6, 6.07) is 14.1. The molecule has 0 aromatic heterocycles. The number of carbonyl (C=O) groups excluding carboxylic acids is 1. The predicted octanol–water partition coefficient (Wildman–Crippen LogP) is 3.20. The van der Waals surface area contributed by atoms with Crippen LogP contribution in [0.25, 0.3) is 0 Å². The van der Waals surface area contributed by atoms with Crippen molar-refractivity contribution in [1.82, 2.24) is 4.90 Å². The molecule has 0 amide bonds. The average Bonchev–Trinajstić information content (AvgIpc) is 2.82. The SMILES string of the molecule is COC(=O)c1ccc(CN2CCC(COCc3ccc(F)cc3)CC2)cc1.O=C(O)C(=O)O. The van der Waals surface area contributed by atoms with E-state index in [0.29, 0.717) is 18.1 Å². The molecule has 2 aromatic rings. The molecule has 0 saturated carbocycles. The van der Waals surface area contributed by atoms with Gasteiger partial charge in [0.2, 0.25) is 0 Å². The molecule has 9 heteroatoms. The topological polar surface area (TPSA) is 113 Å². The number of halogens is 1. The van der Waals surface area contributed by atoms with E-state index >= 15 is 0 Å². The molecular formula is C24H28FNO7. The third-order valence-corrected chi connectivity index (χ3v) is 5.21. The van der Waals surface area contributed by atoms with E-state index in [-0.39, 0.29) is 11.8 Å². The van der Waals surface area contributed by atoms with Gasteiger partial charge in [0, 0.05) is 13.2 Å². The summed E-state index contributed by atoms with van der Waals surface area (Å²) in [5, 5.41) is 14.8. The van der Waals surface area contributed by atoms with Crippen molar-refractivity contribution in [3.63, 3.8) is 0 Å². The Bertz CT molecular complexity index is 895. The van der Waals surface area contributed by atoms with E-state index in [9.17, 15) is 9.18 Å². The summed E-state index contributed by atoms with van der Waals surface area (Å²) in [6.07, 6.45) is 2.23. The molecule has 1 heterocycles. The lowest BCUT2D eigenvalue weighted by atomic mass is 9.97. The third kappa shape index (κ3) is 9.38. The van der Waals surface area contributed by atoms with Crippen LogP contribution in [0.4, 0.5) is 4.39 Å². The lowest BCUT2D eigenvalue weighted by molar-refractivity contribution is -0.159. The monoisotopic (exact) mass is 461 g/mol. The fourth-order valence-corrected chi connectivity index (χ4v) is 3.36. The minimum Gasteiger partial charge on any atom is -0.473 e. The van der Waals surface area contributed by atoms with Gasteiger partial charge >= 0.3 is 17.9 Å². The number of nitrogens with zero attached hydrogens (tertiary/aromatic N) is 1. The Kier molecular flexibility index (Phi) is 10.5. The molecule has 1 saturated heterocycles.